The van der Waals surface area contributed by atoms with Gasteiger partial charge in [0.05, 0.1) is 19.0 Å². The summed E-state index contributed by atoms with van der Waals surface area (Å²) in [7, 11) is -1.28. The second-order valence-corrected chi connectivity index (χ2v) is 5.62. The van der Waals surface area contributed by atoms with E-state index in [2.05, 4.69) is 15.0 Å². The summed E-state index contributed by atoms with van der Waals surface area (Å²) < 4.78 is 25.6. The SMILES string of the molecule is Cn1c(Cl)cnc1CNCCNS(C)(=O)=O. The molecule has 0 saturated carbocycles. The van der Waals surface area contributed by atoms with E-state index >= 15 is 0 Å². The molecule has 0 amide bonds. The maximum atomic E-state index is 10.7. The molecule has 0 unspecified atom stereocenters. The average molecular weight is 267 g/mol. The van der Waals surface area contributed by atoms with Gasteiger partial charge < -0.3 is 9.88 Å². The van der Waals surface area contributed by atoms with Crippen LogP contribution in [-0.2, 0) is 23.6 Å². The van der Waals surface area contributed by atoms with Crippen LogP contribution in [0.1, 0.15) is 5.82 Å². The highest BCUT2D eigenvalue weighted by Crippen LogP contribution is 2.08. The Morgan fingerprint density at radius 1 is 1.50 bits per heavy atom. The van der Waals surface area contributed by atoms with Gasteiger partial charge in [0.15, 0.2) is 0 Å². The standard InChI is InChI=1S/C8H15ClN4O2S/c1-13-7(9)5-11-8(13)6-10-3-4-12-16(2,14)15/h5,10,12H,3-4,6H2,1-2H3. The fourth-order valence-corrected chi connectivity index (χ4v) is 1.73. The monoisotopic (exact) mass is 266 g/mol. The van der Waals surface area contributed by atoms with Gasteiger partial charge in [-0.2, -0.15) is 0 Å². The molecule has 0 saturated heterocycles. The third kappa shape index (κ3) is 4.48. The molecule has 0 spiro atoms. The summed E-state index contributed by atoms with van der Waals surface area (Å²) >= 11 is 5.81. The van der Waals surface area contributed by atoms with Gasteiger partial charge in [0.2, 0.25) is 10.0 Å². The van der Waals surface area contributed by atoms with E-state index in [1.54, 1.807) is 10.8 Å². The zero-order valence-corrected chi connectivity index (χ0v) is 10.8. The molecule has 0 atom stereocenters. The molecule has 0 aliphatic carbocycles. The van der Waals surface area contributed by atoms with Gasteiger partial charge in [-0.05, 0) is 0 Å². The predicted octanol–water partition coefficient (Wildman–Crippen LogP) is -0.288. The number of imidazole rings is 1. The summed E-state index contributed by atoms with van der Waals surface area (Å²) in [6.07, 6.45) is 2.71. The Kier molecular flexibility index (Phi) is 4.72. The molecular weight excluding hydrogens is 252 g/mol. The molecule has 0 bridgehead atoms. The lowest BCUT2D eigenvalue weighted by atomic mass is 10.5. The molecule has 1 aromatic rings. The Hall–Kier alpha value is -0.630. The normalized spacial score (nSPS) is 11.9. The van der Waals surface area contributed by atoms with Crippen LogP contribution in [0.15, 0.2) is 6.20 Å². The number of rotatable bonds is 6. The Morgan fingerprint density at radius 2 is 2.19 bits per heavy atom. The van der Waals surface area contributed by atoms with Gasteiger partial charge in [-0.25, -0.2) is 18.1 Å². The van der Waals surface area contributed by atoms with E-state index in [1.807, 2.05) is 7.05 Å². The molecule has 6 nitrogen and oxygen atoms in total. The maximum absolute atomic E-state index is 10.7. The summed E-state index contributed by atoms with van der Waals surface area (Å²) in [5, 5.41) is 3.63. The smallest absolute Gasteiger partial charge is 0.208 e. The molecular formula is C8H15ClN4O2S. The first-order valence-electron chi connectivity index (χ1n) is 4.71. The van der Waals surface area contributed by atoms with Crippen molar-refractivity contribution in [1.29, 1.82) is 0 Å². The zero-order valence-electron chi connectivity index (χ0n) is 9.20. The van der Waals surface area contributed by atoms with Gasteiger partial charge in [0.1, 0.15) is 11.0 Å². The molecule has 16 heavy (non-hydrogen) atoms. The number of nitrogens with one attached hydrogen (secondary N) is 2. The van der Waals surface area contributed by atoms with Crippen LogP contribution in [0.25, 0.3) is 0 Å². The van der Waals surface area contributed by atoms with Gasteiger partial charge in [-0.3, -0.25) is 0 Å². The van der Waals surface area contributed by atoms with Gasteiger partial charge in [0, 0.05) is 20.1 Å². The first-order valence-corrected chi connectivity index (χ1v) is 6.98. The number of sulfonamides is 1. The van der Waals surface area contributed by atoms with E-state index in [-0.39, 0.29) is 0 Å². The van der Waals surface area contributed by atoms with Crippen LogP contribution in [0.4, 0.5) is 0 Å². The Balaban J connectivity index is 2.24. The number of hydrogen-bond donors (Lipinski definition) is 2. The molecule has 8 heteroatoms. The highest BCUT2D eigenvalue weighted by atomic mass is 35.5. The fraction of sp³-hybridized carbons (Fsp3) is 0.625. The molecule has 1 heterocycles. The maximum Gasteiger partial charge on any atom is 0.208 e. The van der Waals surface area contributed by atoms with Crippen molar-refractivity contribution >= 4 is 21.6 Å². The van der Waals surface area contributed by atoms with Crippen molar-refractivity contribution in [1.82, 2.24) is 19.6 Å². The Bertz CT molecular complexity index is 443. The number of aromatic nitrogens is 2. The lowest BCUT2D eigenvalue weighted by Crippen LogP contribution is -2.31. The Labute approximate surface area is 100 Å². The minimum atomic E-state index is -3.11. The second-order valence-electron chi connectivity index (χ2n) is 3.40. The summed E-state index contributed by atoms with van der Waals surface area (Å²) in [5.74, 6) is 0.810. The lowest BCUT2D eigenvalue weighted by Gasteiger charge is -2.05. The third-order valence-electron chi connectivity index (χ3n) is 1.98. The van der Waals surface area contributed by atoms with Crippen LogP contribution in [0.2, 0.25) is 5.15 Å². The minimum absolute atomic E-state index is 0.358. The van der Waals surface area contributed by atoms with Crippen molar-refractivity contribution in [3.8, 4) is 0 Å². The molecule has 1 aromatic heterocycles. The van der Waals surface area contributed by atoms with E-state index in [1.165, 1.54) is 0 Å². The highest BCUT2D eigenvalue weighted by Gasteiger charge is 2.03. The van der Waals surface area contributed by atoms with Gasteiger partial charge in [-0.15, -0.1) is 0 Å². The predicted molar refractivity (Wildman–Crippen MR) is 62.8 cm³/mol. The van der Waals surface area contributed by atoms with Crippen molar-refractivity contribution < 1.29 is 8.42 Å². The molecule has 0 radical (unpaired) electrons. The van der Waals surface area contributed by atoms with Crippen LogP contribution in [0, 0.1) is 0 Å². The summed E-state index contributed by atoms with van der Waals surface area (Å²) in [4.78, 5) is 4.09. The third-order valence-corrected chi connectivity index (χ3v) is 3.06. The van der Waals surface area contributed by atoms with Crippen molar-refractivity contribution in [2.24, 2.45) is 7.05 Å². The number of nitrogens with zero attached hydrogens (tertiary/aromatic N) is 2. The molecule has 0 aromatic carbocycles. The average Bonchev–Trinajstić information content (AvgIpc) is 2.47. The Morgan fingerprint density at radius 3 is 2.69 bits per heavy atom. The fourth-order valence-electron chi connectivity index (χ4n) is 1.11. The van der Waals surface area contributed by atoms with Crippen molar-refractivity contribution in [2.45, 2.75) is 6.54 Å². The zero-order chi connectivity index (χ0) is 12.2. The summed E-state index contributed by atoms with van der Waals surface area (Å²) in [6.45, 7) is 1.45. The molecule has 0 aliphatic heterocycles. The molecule has 1 rings (SSSR count). The molecule has 92 valence electrons. The van der Waals surface area contributed by atoms with Crippen molar-refractivity contribution in [3.05, 3.63) is 17.2 Å². The van der Waals surface area contributed by atoms with Crippen LogP contribution >= 0.6 is 11.6 Å². The molecule has 0 fully saturated rings. The first-order chi connectivity index (χ1) is 7.40. The van der Waals surface area contributed by atoms with E-state index in [0.29, 0.717) is 24.8 Å². The highest BCUT2D eigenvalue weighted by molar-refractivity contribution is 7.88. The number of hydrogen-bond acceptors (Lipinski definition) is 4. The van der Waals surface area contributed by atoms with E-state index in [9.17, 15) is 8.42 Å². The van der Waals surface area contributed by atoms with E-state index < -0.39 is 10.0 Å². The van der Waals surface area contributed by atoms with Crippen LogP contribution < -0.4 is 10.0 Å². The summed E-state index contributed by atoms with van der Waals surface area (Å²) in [5.41, 5.74) is 0. The van der Waals surface area contributed by atoms with E-state index in [4.69, 9.17) is 11.6 Å². The van der Waals surface area contributed by atoms with Crippen LogP contribution in [0.3, 0.4) is 0 Å². The quantitative estimate of drug-likeness (QED) is 0.694. The molecule has 0 aliphatic rings. The number of halogens is 1. The van der Waals surface area contributed by atoms with Crippen molar-refractivity contribution in [2.75, 3.05) is 19.3 Å². The first kappa shape index (κ1) is 13.4. The molecule has 2 N–H and O–H groups in total. The van der Waals surface area contributed by atoms with Crippen molar-refractivity contribution in [3.63, 3.8) is 0 Å². The van der Waals surface area contributed by atoms with Crippen LogP contribution in [-0.4, -0.2) is 37.3 Å². The topological polar surface area (TPSA) is 76.0 Å². The van der Waals surface area contributed by atoms with Crippen LogP contribution in [0.5, 0.6) is 0 Å². The second kappa shape index (κ2) is 5.62. The summed E-state index contributed by atoms with van der Waals surface area (Å²) in [6, 6.07) is 0. The van der Waals surface area contributed by atoms with Gasteiger partial charge >= 0.3 is 0 Å². The van der Waals surface area contributed by atoms with Gasteiger partial charge in [-0.1, -0.05) is 11.6 Å². The lowest BCUT2D eigenvalue weighted by molar-refractivity contribution is 0.578. The largest absolute Gasteiger partial charge is 0.321 e. The van der Waals surface area contributed by atoms with Gasteiger partial charge in [0.25, 0.3) is 0 Å². The minimum Gasteiger partial charge on any atom is -0.321 e. The van der Waals surface area contributed by atoms with E-state index in [0.717, 1.165) is 12.1 Å².